The van der Waals surface area contributed by atoms with E-state index in [1.165, 1.54) is 15.4 Å². The van der Waals surface area contributed by atoms with Gasteiger partial charge in [0, 0.05) is 25.4 Å². The van der Waals surface area contributed by atoms with Crippen LogP contribution in [0.2, 0.25) is 0 Å². The highest BCUT2D eigenvalue weighted by Crippen LogP contribution is 2.31. The lowest BCUT2D eigenvalue weighted by Gasteiger charge is -2.26. The van der Waals surface area contributed by atoms with Crippen molar-refractivity contribution in [2.45, 2.75) is 48.2 Å². The molecule has 2 aliphatic rings. The van der Waals surface area contributed by atoms with Crippen LogP contribution in [0.25, 0.3) is 11.0 Å². The number of aromatic nitrogens is 2. The molecule has 33 heavy (non-hydrogen) atoms. The van der Waals surface area contributed by atoms with Gasteiger partial charge < -0.3 is 14.0 Å². The molecule has 1 aromatic heterocycles. The molecule has 0 amide bonds. The summed E-state index contributed by atoms with van der Waals surface area (Å²) >= 11 is 1.68. The van der Waals surface area contributed by atoms with E-state index in [-0.39, 0.29) is 11.0 Å². The average Bonchev–Trinajstić information content (AvgIpc) is 3.47. The zero-order valence-corrected chi connectivity index (χ0v) is 20.4. The fourth-order valence-electron chi connectivity index (χ4n) is 4.38. The quantitative estimate of drug-likeness (QED) is 0.472. The van der Waals surface area contributed by atoms with E-state index in [2.05, 4.69) is 29.7 Å². The molecule has 0 aliphatic carbocycles. The van der Waals surface area contributed by atoms with Crippen molar-refractivity contribution in [1.29, 1.82) is 0 Å². The molecule has 1 atom stereocenters. The van der Waals surface area contributed by atoms with Gasteiger partial charge in [0.25, 0.3) is 0 Å². The molecular weight excluding hydrogens is 458 g/mol. The lowest BCUT2D eigenvalue weighted by Crippen LogP contribution is -2.40. The predicted octanol–water partition coefficient (Wildman–Crippen LogP) is 3.84. The van der Waals surface area contributed by atoms with Gasteiger partial charge in [0.2, 0.25) is 10.0 Å². The Kier molecular flexibility index (Phi) is 6.76. The van der Waals surface area contributed by atoms with Crippen molar-refractivity contribution in [1.82, 2.24) is 13.9 Å². The molecule has 2 fully saturated rings. The second kappa shape index (κ2) is 9.76. The number of benzene rings is 2. The van der Waals surface area contributed by atoms with E-state index < -0.39 is 10.0 Å². The molecule has 0 radical (unpaired) electrons. The van der Waals surface area contributed by atoms with Gasteiger partial charge >= 0.3 is 0 Å². The number of ether oxygens (including phenoxy) is 2. The van der Waals surface area contributed by atoms with Crippen LogP contribution in [-0.2, 0) is 31.8 Å². The number of fused-ring (bicyclic) bond motifs is 1. The molecule has 0 N–H and O–H groups in total. The monoisotopic (exact) mass is 487 g/mol. The SMILES string of the molecule is Cc1ccccc1CSc1nc2cc(S(=O)(=O)N3CCOCC3)ccc2n1CC1CCCO1. The summed E-state index contributed by atoms with van der Waals surface area (Å²) in [6.45, 7) is 5.26. The van der Waals surface area contributed by atoms with Gasteiger partial charge in [-0.05, 0) is 49.1 Å². The molecular formula is C24H29N3O4S2. The summed E-state index contributed by atoms with van der Waals surface area (Å²) in [5.74, 6) is 0.806. The molecule has 0 bridgehead atoms. The Hall–Kier alpha value is -1.91. The van der Waals surface area contributed by atoms with Gasteiger partial charge in [0.05, 0.1) is 41.8 Å². The van der Waals surface area contributed by atoms with Crippen LogP contribution in [0.15, 0.2) is 52.5 Å². The van der Waals surface area contributed by atoms with Gasteiger partial charge in [0.15, 0.2) is 5.16 Å². The molecule has 3 heterocycles. The summed E-state index contributed by atoms with van der Waals surface area (Å²) < 4.78 is 41.2. The molecule has 2 aromatic carbocycles. The third kappa shape index (κ3) is 4.83. The molecule has 3 aromatic rings. The Morgan fingerprint density at radius 1 is 1.12 bits per heavy atom. The summed E-state index contributed by atoms with van der Waals surface area (Å²) in [6.07, 6.45) is 2.27. The second-order valence-electron chi connectivity index (χ2n) is 8.52. The van der Waals surface area contributed by atoms with Crippen LogP contribution in [0.4, 0.5) is 0 Å². The van der Waals surface area contributed by atoms with Crippen LogP contribution < -0.4 is 0 Å². The topological polar surface area (TPSA) is 73.7 Å². The highest BCUT2D eigenvalue weighted by atomic mass is 32.2. The number of sulfonamides is 1. The number of rotatable bonds is 7. The van der Waals surface area contributed by atoms with Gasteiger partial charge in [-0.1, -0.05) is 36.0 Å². The maximum atomic E-state index is 13.2. The van der Waals surface area contributed by atoms with E-state index in [4.69, 9.17) is 14.5 Å². The van der Waals surface area contributed by atoms with E-state index in [1.54, 1.807) is 23.9 Å². The fraction of sp³-hybridized carbons (Fsp3) is 0.458. The van der Waals surface area contributed by atoms with E-state index in [0.29, 0.717) is 31.8 Å². The highest BCUT2D eigenvalue weighted by Gasteiger charge is 2.27. The van der Waals surface area contributed by atoms with Crippen molar-refractivity contribution in [3.05, 3.63) is 53.6 Å². The summed E-state index contributed by atoms with van der Waals surface area (Å²) in [7, 11) is -3.57. The molecule has 2 aliphatic heterocycles. The number of imidazole rings is 1. The Morgan fingerprint density at radius 3 is 2.70 bits per heavy atom. The summed E-state index contributed by atoms with van der Waals surface area (Å²) in [5.41, 5.74) is 4.17. The Balaban J connectivity index is 1.48. The minimum Gasteiger partial charge on any atom is -0.379 e. The first-order valence-electron chi connectivity index (χ1n) is 11.4. The summed E-state index contributed by atoms with van der Waals surface area (Å²) in [6, 6.07) is 13.7. The number of nitrogens with zero attached hydrogens (tertiary/aromatic N) is 3. The van der Waals surface area contributed by atoms with E-state index >= 15 is 0 Å². The number of thioether (sulfide) groups is 1. The largest absolute Gasteiger partial charge is 0.379 e. The lowest BCUT2D eigenvalue weighted by atomic mass is 10.1. The first kappa shape index (κ1) is 22.9. The first-order chi connectivity index (χ1) is 16.0. The minimum absolute atomic E-state index is 0.164. The molecule has 0 spiro atoms. The van der Waals surface area contributed by atoms with E-state index in [1.807, 2.05) is 12.1 Å². The number of aryl methyl sites for hydroxylation is 1. The van der Waals surface area contributed by atoms with Crippen LogP contribution in [0.5, 0.6) is 0 Å². The van der Waals surface area contributed by atoms with Crippen molar-refractivity contribution >= 4 is 32.8 Å². The van der Waals surface area contributed by atoms with Gasteiger partial charge in [-0.3, -0.25) is 0 Å². The highest BCUT2D eigenvalue weighted by molar-refractivity contribution is 7.98. The smallest absolute Gasteiger partial charge is 0.243 e. The molecule has 0 saturated carbocycles. The van der Waals surface area contributed by atoms with Gasteiger partial charge in [-0.25, -0.2) is 13.4 Å². The number of morpholine rings is 1. The van der Waals surface area contributed by atoms with Crippen molar-refractivity contribution in [3.63, 3.8) is 0 Å². The summed E-state index contributed by atoms with van der Waals surface area (Å²) in [5, 5.41) is 0.893. The first-order valence-corrected chi connectivity index (χ1v) is 13.8. The molecule has 1 unspecified atom stereocenters. The summed E-state index contributed by atoms with van der Waals surface area (Å²) in [4.78, 5) is 5.17. The van der Waals surface area contributed by atoms with Crippen LogP contribution in [-0.4, -0.2) is 61.3 Å². The standard InChI is InChI=1S/C24H29N3O4S2/c1-18-5-2-3-6-19(18)17-32-24-25-22-15-21(33(28,29)26-10-13-30-14-11-26)8-9-23(22)27(24)16-20-7-4-12-31-20/h2-3,5-6,8-9,15,20H,4,7,10-14,16-17H2,1H3. The van der Waals surface area contributed by atoms with Crippen molar-refractivity contribution < 1.29 is 17.9 Å². The van der Waals surface area contributed by atoms with E-state index in [9.17, 15) is 8.42 Å². The third-order valence-electron chi connectivity index (χ3n) is 6.32. The molecule has 176 valence electrons. The van der Waals surface area contributed by atoms with Crippen LogP contribution in [0.3, 0.4) is 0 Å². The number of hydrogen-bond donors (Lipinski definition) is 0. The second-order valence-corrected chi connectivity index (χ2v) is 11.4. The van der Waals surface area contributed by atoms with Crippen LogP contribution in [0, 0.1) is 6.92 Å². The molecule has 5 rings (SSSR count). The maximum Gasteiger partial charge on any atom is 0.243 e. The van der Waals surface area contributed by atoms with Gasteiger partial charge in [-0.2, -0.15) is 4.31 Å². The van der Waals surface area contributed by atoms with E-state index in [0.717, 1.165) is 42.4 Å². The van der Waals surface area contributed by atoms with Gasteiger partial charge in [-0.15, -0.1) is 0 Å². The fourth-order valence-corrected chi connectivity index (χ4v) is 6.91. The average molecular weight is 488 g/mol. The van der Waals surface area contributed by atoms with Crippen molar-refractivity contribution in [2.75, 3.05) is 32.9 Å². The zero-order valence-electron chi connectivity index (χ0n) is 18.8. The minimum atomic E-state index is -3.57. The lowest BCUT2D eigenvalue weighted by molar-refractivity contribution is 0.0730. The predicted molar refractivity (Wildman–Crippen MR) is 129 cm³/mol. The van der Waals surface area contributed by atoms with Crippen molar-refractivity contribution in [2.24, 2.45) is 0 Å². The normalized spacial score (nSPS) is 20.0. The molecule has 9 heteroatoms. The van der Waals surface area contributed by atoms with Gasteiger partial charge in [0.1, 0.15) is 0 Å². The number of hydrogen-bond acceptors (Lipinski definition) is 6. The third-order valence-corrected chi connectivity index (χ3v) is 9.24. The zero-order chi connectivity index (χ0) is 22.8. The Labute approximate surface area is 199 Å². The van der Waals surface area contributed by atoms with Crippen molar-refractivity contribution in [3.8, 4) is 0 Å². The maximum absolute atomic E-state index is 13.2. The Bertz CT molecular complexity index is 1230. The Morgan fingerprint density at radius 2 is 1.94 bits per heavy atom. The van der Waals surface area contributed by atoms with Crippen LogP contribution in [0.1, 0.15) is 24.0 Å². The molecule has 7 nitrogen and oxygen atoms in total. The molecule has 2 saturated heterocycles. The van der Waals surface area contributed by atoms with Crippen LogP contribution >= 0.6 is 11.8 Å².